The van der Waals surface area contributed by atoms with Crippen LogP contribution in [0.1, 0.15) is 42.4 Å². The Bertz CT molecular complexity index is 823. The number of pyridine rings is 1. The minimum Gasteiger partial charge on any atom is -0.465 e. The van der Waals surface area contributed by atoms with Gasteiger partial charge in [0.2, 0.25) is 0 Å². The fraction of sp³-hybridized carbons (Fsp3) is 0.429. The molecule has 7 heteroatoms. The maximum absolute atomic E-state index is 12.2. The molecule has 0 fully saturated rings. The Morgan fingerprint density at radius 2 is 2.24 bits per heavy atom. The van der Waals surface area contributed by atoms with Crippen LogP contribution in [-0.4, -0.2) is 27.6 Å². The van der Waals surface area contributed by atoms with Gasteiger partial charge in [0.25, 0.3) is 5.56 Å². The number of ether oxygens (including phenoxy) is 1. The molecule has 0 saturated carbocycles. The third-order valence-corrected chi connectivity index (χ3v) is 3.76. The van der Waals surface area contributed by atoms with Crippen LogP contribution in [0.3, 0.4) is 0 Å². The van der Waals surface area contributed by atoms with Crippen molar-refractivity contribution in [3.05, 3.63) is 32.4 Å². The Labute approximate surface area is 126 Å². The zero-order valence-electron chi connectivity index (χ0n) is 12.4. The van der Waals surface area contributed by atoms with Crippen molar-refractivity contribution in [3.8, 4) is 0 Å². The molecule has 2 aromatic rings. The Morgan fingerprint density at radius 3 is 2.81 bits per heavy atom. The zero-order valence-corrected chi connectivity index (χ0v) is 13.2. The first-order chi connectivity index (χ1) is 9.90. The molecule has 0 aliphatic carbocycles. The van der Waals surface area contributed by atoms with Gasteiger partial charge in [0.15, 0.2) is 4.77 Å². The van der Waals surface area contributed by atoms with Gasteiger partial charge >= 0.3 is 5.97 Å². The van der Waals surface area contributed by atoms with E-state index in [2.05, 4.69) is 9.97 Å². The van der Waals surface area contributed by atoms with E-state index in [1.165, 1.54) is 7.11 Å². The highest BCUT2D eigenvalue weighted by molar-refractivity contribution is 7.71. The second kappa shape index (κ2) is 5.77. The number of hydrogen-bond acceptors (Lipinski definition) is 5. The third-order valence-electron chi connectivity index (χ3n) is 3.46. The van der Waals surface area contributed by atoms with Crippen LogP contribution in [0.25, 0.3) is 11.0 Å². The number of methoxy groups -OCH3 is 1. The summed E-state index contributed by atoms with van der Waals surface area (Å²) < 4.78 is 6.83. The van der Waals surface area contributed by atoms with Gasteiger partial charge in [-0.3, -0.25) is 14.3 Å². The van der Waals surface area contributed by atoms with Gasteiger partial charge in [-0.15, -0.1) is 0 Å². The quantitative estimate of drug-likeness (QED) is 0.696. The highest BCUT2D eigenvalue weighted by Gasteiger charge is 2.19. The molecule has 1 N–H and O–H groups in total. The average Bonchev–Trinajstić information content (AvgIpc) is 2.44. The van der Waals surface area contributed by atoms with Crippen molar-refractivity contribution in [2.24, 2.45) is 0 Å². The SMILES string of the molecule is CC[C@@H](C)n1c(=S)[nH]c(=O)c2c(C(=O)OC)cc(C)nc21. The number of H-pyrrole nitrogens is 1. The molecular formula is C14H17N3O3S. The van der Waals surface area contributed by atoms with Crippen LogP contribution < -0.4 is 5.56 Å². The van der Waals surface area contributed by atoms with E-state index >= 15 is 0 Å². The molecule has 2 aromatic heterocycles. The van der Waals surface area contributed by atoms with E-state index in [9.17, 15) is 9.59 Å². The number of nitrogens with zero attached hydrogens (tertiary/aromatic N) is 2. The topological polar surface area (TPSA) is 77.0 Å². The first-order valence-corrected chi connectivity index (χ1v) is 7.06. The van der Waals surface area contributed by atoms with Crippen molar-refractivity contribution < 1.29 is 9.53 Å². The van der Waals surface area contributed by atoms with Crippen LogP contribution in [0.4, 0.5) is 0 Å². The van der Waals surface area contributed by atoms with Gasteiger partial charge in [0.05, 0.1) is 18.1 Å². The second-order valence-electron chi connectivity index (χ2n) is 4.89. The maximum atomic E-state index is 12.2. The van der Waals surface area contributed by atoms with Gasteiger partial charge in [0, 0.05) is 11.7 Å². The molecule has 2 rings (SSSR count). The van der Waals surface area contributed by atoms with E-state index in [0.717, 1.165) is 6.42 Å². The van der Waals surface area contributed by atoms with E-state index in [1.807, 2.05) is 13.8 Å². The molecule has 0 unspecified atom stereocenters. The molecule has 0 radical (unpaired) electrons. The normalized spacial score (nSPS) is 12.4. The van der Waals surface area contributed by atoms with Gasteiger partial charge in [-0.2, -0.15) is 0 Å². The van der Waals surface area contributed by atoms with E-state index in [-0.39, 0.29) is 17.0 Å². The molecule has 21 heavy (non-hydrogen) atoms. The largest absolute Gasteiger partial charge is 0.465 e. The first-order valence-electron chi connectivity index (χ1n) is 6.65. The Balaban J connectivity index is 3.02. The number of rotatable bonds is 3. The zero-order chi connectivity index (χ0) is 15.7. The van der Waals surface area contributed by atoms with Gasteiger partial charge in [-0.1, -0.05) is 6.92 Å². The molecule has 112 valence electrons. The van der Waals surface area contributed by atoms with Gasteiger partial charge in [-0.05, 0) is 38.6 Å². The van der Waals surface area contributed by atoms with Crippen molar-refractivity contribution in [1.82, 2.24) is 14.5 Å². The van der Waals surface area contributed by atoms with Gasteiger partial charge < -0.3 is 4.74 Å². The molecule has 0 saturated heterocycles. The Kier molecular flexibility index (Phi) is 4.22. The summed E-state index contributed by atoms with van der Waals surface area (Å²) in [5.74, 6) is -0.566. The molecular weight excluding hydrogens is 290 g/mol. The number of aryl methyl sites for hydroxylation is 1. The lowest BCUT2D eigenvalue weighted by atomic mass is 10.1. The van der Waals surface area contributed by atoms with E-state index in [4.69, 9.17) is 17.0 Å². The highest BCUT2D eigenvalue weighted by atomic mass is 32.1. The van der Waals surface area contributed by atoms with Crippen LogP contribution in [0, 0.1) is 11.7 Å². The summed E-state index contributed by atoms with van der Waals surface area (Å²) in [6.45, 7) is 5.76. The number of carbonyl (C=O) groups is 1. The van der Waals surface area contributed by atoms with Crippen LogP contribution in [0.2, 0.25) is 0 Å². The summed E-state index contributed by atoms with van der Waals surface area (Å²) in [7, 11) is 1.28. The van der Waals surface area contributed by atoms with E-state index in [1.54, 1.807) is 17.6 Å². The van der Waals surface area contributed by atoms with Crippen molar-refractivity contribution in [2.45, 2.75) is 33.2 Å². The molecule has 0 aliphatic heterocycles. The molecule has 1 atom stereocenters. The maximum Gasteiger partial charge on any atom is 0.338 e. The van der Waals surface area contributed by atoms with Crippen LogP contribution in [0.15, 0.2) is 10.9 Å². The van der Waals surface area contributed by atoms with E-state index < -0.39 is 11.5 Å². The Hall–Kier alpha value is -2.02. The standard InChI is InChI=1S/C14H17N3O3S/c1-5-8(3)17-11-10(12(18)16-14(17)21)9(13(19)20-4)6-7(2)15-11/h6,8H,5H2,1-4H3,(H,16,18,21)/t8-/m1/s1. The summed E-state index contributed by atoms with van der Waals surface area (Å²) in [4.78, 5) is 31.2. The third kappa shape index (κ3) is 2.61. The lowest BCUT2D eigenvalue weighted by Crippen LogP contribution is -2.21. The monoisotopic (exact) mass is 307 g/mol. The van der Waals surface area contributed by atoms with Crippen molar-refractivity contribution in [2.75, 3.05) is 7.11 Å². The number of aromatic nitrogens is 3. The second-order valence-corrected chi connectivity index (χ2v) is 5.27. The summed E-state index contributed by atoms with van der Waals surface area (Å²) in [6, 6.07) is 1.60. The molecule has 0 aromatic carbocycles. The summed E-state index contributed by atoms with van der Waals surface area (Å²) in [5, 5.41) is 0.210. The number of hydrogen-bond donors (Lipinski definition) is 1. The van der Waals surface area contributed by atoms with Crippen molar-refractivity contribution >= 4 is 29.2 Å². The van der Waals surface area contributed by atoms with Crippen molar-refractivity contribution in [1.29, 1.82) is 0 Å². The van der Waals surface area contributed by atoms with E-state index in [0.29, 0.717) is 16.1 Å². The molecule has 2 heterocycles. The molecule has 0 amide bonds. The number of fused-ring (bicyclic) bond motifs is 1. The van der Waals surface area contributed by atoms with Crippen LogP contribution >= 0.6 is 12.2 Å². The van der Waals surface area contributed by atoms with Gasteiger partial charge in [-0.25, -0.2) is 9.78 Å². The smallest absolute Gasteiger partial charge is 0.338 e. The Morgan fingerprint density at radius 1 is 1.57 bits per heavy atom. The molecule has 0 aliphatic rings. The summed E-state index contributed by atoms with van der Waals surface area (Å²) in [6.07, 6.45) is 0.818. The number of aromatic amines is 1. The predicted molar refractivity (Wildman–Crippen MR) is 82.3 cm³/mol. The first kappa shape index (κ1) is 15.4. The van der Waals surface area contributed by atoms with Crippen LogP contribution in [0.5, 0.6) is 0 Å². The lowest BCUT2D eigenvalue weighted by Gasteiger charge is -2.17. The van der Waals surface area contributed by atoms with Crippen LogP contribution in [-0.2, 0) is 4.74 Å². The minimum atomic E-state index is -0.566. The lowest BCUT2D eigenvalue weighted by molar-refractivity contribution is 0.0602. The fourth-order valence-electron chi connectivity index (χ4n) is 2.23. The average molecular weight is 307 g/mol. The molecule has 0 bridgehead atoms. The highest BCUT2D eigenvalue weighted by Crippen LogP contribution is 2.20. The molecule has 0 spiro atoms. The van der Waals surface area contributed by atoms with Crippen molar-refractivity contribution in [3.63, 3.8) is 0 Å². The fourth-order valence-corrected chi connectivity index (χ4v) is 2.59. The predicted octanol–water partition coefficient (Wildman–Crippen LogP) is 2.52. The number of nitrogens with one attached hydrogen (secondary N) is 1. The number of esters is 1. The number of carbonyl (C=O) groups excluding carboxylic acids is 1. The minimum absolute atomic E-state index is 0.0525. The van der Waals surface area contributed by atoms with Gasteiger partial charge in [0.1, 0.15) is 5.65 Å². The molecule has 6 nitrogen and oxygen atoms in total. The summed E-state index contributed by atoms with van der Waals surface area (Å²) in [5.41, 5.74) is 0.814. The summed E-state index contributed by atoms with van der Waals surface area (Å²) >= 11 is 5.24.